The number of aromatic nitrogens is 2. The number of hydrogen-bond donors (Lipinski definition) is 0. The number of rotatable bonds is 1. The highest BCUT2D eigenvalue weighted by molar-refractivity contribution is 7.27. The summed E-state index contributed by atoms with van der Waals surface area (Å²) in [6.07, 6.45) is 0. The van der Waals surface area contributed by atoms with Crippen LogP contribution in [0.4, 0.5) is 0 Å². The lowest BCUT2D eigenvalue weighted by atomic mass is 10.3. The molecule has 0 saturated heterocycles. The molecule has 0 aliphatic heterocycles. The highest BCUT2D eigenvalue weighted by Gasteiger charge is 2.03. The summed E-state index contributed by atoms with van der Waals surface area (Å²) in [7, 11) is 2.71. The Kier molecular flexibility index (Phi) is 2.10. The monoisotopic (exact) mass is 156 g/mol. The van der Waals surface area contributed by atoms with Gasteiger partial charge in [0.25, 0.3) is 0 Å². The average Bonchev–Trinajstić information content (AvgIpc) is 2.17. The van der Waals surface area contributed by atoms with Gasteiger partial charge in [0.2, 0.25) is 0 Å². The lowest BCUT2D eigenvalue weighted by molar-refractivity contribution is 0.671. The Hall–Kier alpha value is -0.360. The Morgan fingerprint density at radius 2 is 2.10 bits per heavy atom. The Balaban J connectivity index is 3.17. The van der Waals surface area contributed by atoms with Gasteiger partial charge in [0.15, 0.2) is 0 Å². The molecule has 0 bridgehead atoms. The first-order valence-electron chi connectivity index (χ1n) is 3.46. The molecule has 3 heteroatoms. The van der Waals surface area contributed by atoms with Gasteiger partial charge in [-0.25, -0.2) is 0 Å². The molecule has 0 aliphatic carbocycles. The van der Waals surface area contributed by atoms with Crippen LogP contribution in [0.1, 0.15) is 18.2 Å². The van der Waals surface area contributed by atoms with E-state index < -0.39 is 0 Å². The van der Waals surface area contributed by atoms with Gasteiger partial charge in [-0.1, -0.05) is 9.24 Å². The molecule has 0 amide bonds. The Bertz CT molecular complexity index is 240. The summed E-state index contributed by atoms with van der Waals surface area (Å²) in [5.74, 6) is 0. The minimum absolute atomic E-state index is 0.952. The van der Waals surface area contributed by atoms with Crippen molar-refractivity contribution in [1.29, 1.82) is 0 Å². The van der Waals surface area contributed by atoms with Gasteiger partial charge in [-0.2, -0.15) is 5.10 Å². The van der Waals surface area contributed by atoms with E-state index in [9.17, 15) is 0 Å². The van der Waals surface area contributed by atoms with Crippen molar-refractivity contribution < 1.29 is 0 Å². The maximum absolute atomic E-state index is 4.32. The van der Waals surface area contributed by atoms with E-state index in [4.69, 9.17) is 0 Å². The zero-order valence-corrected chi connectivity index (χ0v) is 7.83. The van der Waals surface area contributed by atoms with Crippen LogP contribution in [0, 0.1) is 13.8 Å². The standard InChI is InChI=1S/C7H13N2P/c1-4-9-7(10)5(2)6(3)8-9/h4,10H2,1-3H3. The lowest BCUT2D eigenvalue weighted by Crippen LogP contribution is -2.10. The SMILES string of the molecule is CCn1nc(C)c(C)c1P. The van der Waals surface area contributed by atoms with Crippen molar-refractivity contribution in [3.8, 4) is 0 Å². The zero-order valence-electron chi connectivity index (χ0n) is 6.68. The van der Waals surface area contributed by atoms with E-state index in [1.54, 1.807) is 0 Å². The second kappa shape index (κ2) is 2.71. The van der Waals surface area contributed by atoms with Crippen molar-refractivity contribution in [3.05, 3.63) is 11.3 Å². The number of hydrogen-bond acceptors (Lipinski definition) is 1. The van der Waals surface area contributed by atoms with Crippen LogP contribution < -0.4 is 5.44 Å². The predicted octanol–water partition coefficient (Wildman–Crippen LogP) is 1.02. The maximum Gasteiger partial charge on any atom is 0.0629 e. The van der Waals surface area contributed by atoms with E-state index in [2.05, 4.69) is 28.2 Å². The number of aryl methyl sites for hydroxylation is 2. The van der Waals surface area contributed by atoms with Crippen LogP contribution in [-0.4, -0.2) is 9.78 Å². The van der Waals surface area contributed by atoms with E-state index >= 15 is 0 Å². The Morgan fingerprint density at radius 3 is 2.30 bits per heavy atom. The molecular weight excluding hydrogens is 143 g/mol. The van der Waals surface area contributed by atoms with Crippen molar-refractivity contribution in [1.82, 2.24) is 9.78 Å². The van der Waals surface area contributed by atoms with Gasteiger partial charge in [0.05, 0.1) is 11.1 Å². The summed E-state index contributed by atoms with van der Waals surface area (Å²) >= 11 is 0. The largest absolute Gasteiger partial charge is 0.265 e. The van der Waals surface area contributed by atoms with Crippen molar-refractivity contribution in [2.24, 2.45) is 0 Å². The fraction of sp³-hybridized carbons (Fsp3) is 0.571. The van der Waals surface area contributed by atoms with Crippen LogP contribution in [0.25, 0.3) is 0 Å². The van der Waals surface area contributed by atoms with Crippen molar-refractivity contribution in [2.45, 2.75) is 27.3 Å². The first-order chi connectivity index (χ1) is 4.66. The molecule has 10 heavy (non-hydrogen) atoms. The summed E-state index contributed by atoms with van der Waals surface area (Å²) in [6, 6.07) is 0. The second-order valence-electron chi connectivity index (χ2n) is 2.41. The highest BCUT2D eigenvalue weighted by Crippen LogP contribution is 2.03. The Labute approximate surface area is 63.8 Å². The molecule has 0 N–H and O–H groups in total. The van der Waals surface area contributed by atoms with Crippen molar-refractivity contribution >= 4 is 14.7 Å². The summed E-state index contributed by atoms with van der Waals surface area (Å²) < 4.78 is 2.00. The summed E-state index contributed by atoms with van der Waals surface area (Å²) in [5.41, 5.74) is 3.62. The van der Waals surface area contributed by atoms with Crippen LogP contribution in [0.5, 0.6) is 0 Å². The van der Waals surface area contributed by atoms with Crippen molar-refractivity contribution in [2.75, 3.05) is 0 Å². The first-order valence-corrected chi connectivity index (χ1v) is 4.04. The van der Waals surface area contributed by atoms with E-state index in [0.29, 0.717) is 0 Å². The predicted molar refractivity (Wildman–Crippen MR) is 46.7 cm³/mol. The van der Waals surface area contributed by atoms with Gasteiger partial charge >= 0.3 is 0 Å². The zero-order chi connectivity index (χ0) is 7.72. The molecule has 0 spiro atoms. The van der Waals surface area contributed by atoms with Crippen LogP contribution in [-0.2, 0) is 6.54 Å². The van der Waals surface area contributed by atoms with Gasteiger partial charge in [-0.3, -0.25) is 4.68 Å². The Morgan fingerprint density at radius 1 is 1.50 bits per heavy atom. The summed E-state index contributed by atoms with van der Waals surface area (Å²) in [5, 5.41) is 4.32. The third-order valence-electron chi connectivity index (χ3n) is 1.78. The van der Waals surface area contributed by atoms with E-state index in [1.807, 2.05) is 11.6 Å². The summed E-state index contributed by atoms with van der Waals surface area (Å²) in [6.45, 7) is 7.18. The van der Waals surface area contributed by atoms with Crippen molar-refractivity contribution in [3.63, 3.8) is 0 Å². The van der Waals surface area contributed by atoms with E-state index in [1.165, 1.54) is 11.0 Å². The van der Waals surface area contributed by atoms with Gasteiger partial charge in [0.1, 0.15) is 0 Å². The lowest BCUT2D eigenvalue weighted by Gasteiger charge is -1.96. The molecule has 0 aliphatic rings. The molecule has 56 valence electrons. The molecule has 0 saturated carbocycles. The highest BCUT2D eigenvalue weighted by atomic mass is 31.0. The van der Waals surface area contributed by atoms with E-state index in [-0.39, 0.29) is 0 Å². The third kappa shape index (κ3) is 1.08. The third-order valence-corrected chi connectivity index (χ3v) is 2.51. The molecule has 1 heterocycles. The molecular formula is C7H13N2P. The maximum atomic E-state index is 4.32. The molecule has 0 aromatic carbocycles. The average molecular weight is 156 g/mol. The molecule has 1 rings (SSSR count). The van der Waals surface area contributed by atoms with E-state index in [0.717, 1.165) is 12.2 Å². The minimum atomic E-state index is 0.952. The fourth-order valence-electron chi connectivity index (χ4n) is 0.930. The van der Waals surface area contributed by atoms with Gasteiger partial charge in [-0.05, 0) is 26.3 Å². The number of nitrogens with zero attached hydrogens (tertiary/aromatic N) is 2. The normalized spacial score (nSPS) is 10.4. The molecule has 0 radical (unpaired) electrons. The fourth-order valence-corrected chi connectivity index (χ4v) is 1.38. The molecule has 1 aromatic rings. The van der Waals surface area contributed by atoms with Crippen LogP contribution in [0.3, 0.4) is 0 Å². The summed E-state index contributed by atoms with van der Waals surface area (Å²) in [4.78, 5) is 0. The van der Waals surface area contributed by atoms with Gasteiger partial charge < -0.3 is 0 Å². The first kappa shape index (κ1) is 7.74. The minimum Gasteiger partial charge on any atom is -0.265 e. The quantitative estimate of drug-likeness (QED) is 0.555. The second-order valence-corrected chi connectivity index (χ2v) is 2.96. The van der Waals surface area contributed by atoms with Gasteiger partial charge in [0, 0.05) is 6.54 Å². The molecule has 1 aromatic heterocycles. The van der Waals surface area contributed by atoms with Gasteiger partial charge in [-0.15, -0.1) is 0 Å². The molecule has 2 nitrogen and oxygen atoms in total. The topological polar surface area (TPSA) is 17.8 Å². The van der Waals surface area contributed by atoms with Crippen LogP contribution in [0.15, 0.2) is 0 Å². The molecule has 0 fully saturated rings. The molecule has 1 unspecified atom stereocenters. The van der Waals surface area contributed by atoms with Crippen LogP contribution in [0.2, 0.25) is 0 Å². The smallest absolute Gasteiger partial charge is 0.0629 e. The van der Waals surface area contributed by atoms with Crippen LogP contribution >= 0.6 is 9.24 Å². The molecule has 1 atom stereocenters.